The van der Waals surface area contributed by atoms with E-state index in [9.17, 15) is 5.11 Å². The van der Waals surface area contributed by atoms with E-state index in [1.165, 1.54) is 0 Å². The second-order valence-corrected chi connectivity index (χ2v) is 5.02. The van der Waals surface area contributed by atoms with Crippen molar-refractivity contribution in [3.8, 4) is 5.75 Å². The van der Waals surface area contributed by atoms with Crippen LogP contribution in [0.25, 0.3) is 0 Å². The fraction of sp³-hybridized carbons (Fsp3) is 0.200. The van der Waals surface area contributed by atoms with Gasteiger partial charge in [0.2, 0.25) is 0 Å². The van der Waals surface area contributed by atoms with Crippen molar-refractivity contribution >= 4 is 15.9 Å². The van der Waals surface area contributed by atoms with Gasteiger partial charge in [-0.15, -0.1) is 0 Å². The van der Waals surface area contributed by atoms with Crippen molar-refractivity contribution in [3.63, 3.8) is 0 Å². The monoisotopic (exact) mass is 306 g/mol. The first-order chi connectivity index (χ1) is 8.74. The highest BCUT2D eigenvalue weighted by Crippen LogP contribution is 2.16. The van der Waals surface area contributed by atoms with Crippen molar-refractivity contribution < 1.29 is 9.84 Å². The minimum atomic E-state index is -0.490. The maximum absolute atomic E-state index is 9.88. The predicted octanol–water partition coefficient (Wildman–Crippen LogP) is 3.43. The molecule has 0 aliphatic carbocycles. The molecule has 1 unspecified atom stereocenters. The van der Waals surface area contributed by atoms with Crippen LogP contribution in [0.5, 0.6) is 5.75 Å². The number of rotatable bonds is 5. The first-order valence-electron chi connectivity index (χ1n) is 5.84. The lowest BCUT2D eigenvalue weighted by Crippen LogP contribution is -2.20. The van der Waals surface area contributed by atoms with Gasteiger partial charge >= 0.3 is 0 Å². The molecule has 18 heavy (non-hydrogen) atoms. The molecule has 1 N–H and O–H groups in total. The molecule has 0 amide bonds. The molecule has 0 spiro atoms. The van der Waals surface area contributed by atoms with E-state index in [0.717, 1.165) is 15.8 Å². The van der Waals surface area contributed by atoms with Gasteiger partial charge in [0, 0.05) is 10.9 Å². The Morgan fingerprint density at radius 2 is 1.67 bits per heavy atom. The van der Waals surface area contributed by atoms with Crippen molar-refractivity contribution in [2.45, 2.75) is 12.5 Å². The van der Waals surface area contributed by atoms with E-state index in [1.807, 2.05) is 54.6 Å². The lowest BCUT2D eigenvalue weighted by Gasteiger charge is -2.12. The Morgan fingerprint density at radius 1 is 1.00 bits per heavy atom. The first-order valence-corrected chi connectivity index (χ1v) is 6.64. The highest BCUT2D eigenvalue weighted by molar-refractivity contribution is 9.10. The van der Waals surface area contributed by atoms with Crippen LogP contribution in [0.3, 0.4) is 0 Å². The van der Waals surface area contributed by atoms with Crippen LogP contribution in [0.2, 0.25) is 0 Å². The van der Waals surface area contributed by atoms with E-state index in [0.29, 0.717) is 13.0 Å². The third-order valence-electron chi connectivity index (χ3n) is 2.57. The lowest BCUT2D eigenvalue weighted by molar-refractivity contribution is 0.108. The normalized spacial score (nSPS) is 12.1. The zero-order chi connectivity index (χ0) is 12.8. The summed E-state index contributed by atoms with van der Waals surface area (Å²) >= 11 is 3.36. The van der Waals surface area contributed by atoms with Crippen LogP contribution in [0, 0.1) is 0 Å². The molecule has 2 rings (SSSR count). The van der Waals surface area contributed by atoms with Gasteiger partial charge in [-0.1, -0.05) is 46.3 Å². The van der Waals surface area contributed by atoms with Crippen LogP contribution in [0.4, 0.5) is 0 Å². The van der Waals surface area contributed by atoms with Gasteiger partial charge in [-0.2, -0.15) is 0 Å². The molecule has 0 radical (unpaired) electrons. The number of hydrogen-bond acceptors (Lipinski definition) is 2. The maximum atomic E-state index is 9.88. The van der Waals surface area contributed by atoms with Gasteiger partial charge in [0.15, 0.2) is 0 Å². The molecule has 0 saturated carbocycles. The molecule has 2 aromatic rings. The molecule has 0 bridgehead atoms. The van der Waals surface area contributed by atoms with Gasteiger partial charge in [0.25, 0.3) is 0 Å². The van der Waals surface area contributed by atoms with Crippen LogP contribution in [0.15, 0.2) is 59.1 Å². The molecule has 1 atom stereocenters. The first kappa shape index (κ1) is 13.1. The van der Waals surface area contributed by atoms with Crippen LogP contribution < -0.4 is 4.74 Å². The van der Waals surface area contributed by atoms with Gasteiger partial charge in [-0.25, -0.2) is 0 Å². The van der Waals surface area contributed by atoms with Crippen molar-refractivity contribution in [1.29, 1.82) is 0 Å². The summed E-state index contributed by atoms with van der Waals surface area (Å²) in [6.45, 7) is 0.302. The van der Waals surface area contributed by atoms with E-state index in [2.05, 4.69) is 15.9 Å². The summed E-state index contributed by atoms with van der Waals surface area (Å²) in [5.74, 6) is 0.769. The third-order valence-corrected chi connectivity index (χ3v) is 3.10. The van der Waals surface area contributed by atoms with Crippen molar-refractivity contribution in [3.05, 3.63) is 64.6 Å². The highest BCUT2D eigenvalue weighted by Gasteiger charge is 2.06. The summed E-state index contributed by atoms with van der Waals surface area (Å²) < 4.78 is 6.54. The average molecular weight is 307 g/mol. The van der Waals surface area contributed by atoms with Crippen LogP contribution >= 0.6 is 15.9 Å². The van der Waals surface area contributed by atoms with E-state index in [-0.39, 0.29) is 0 Å². The molecule has 0 aliphatic heterocycles. The third kappa shape index (κ3) is 4.17. The SMILES string of the molecule is OC(COc1ccc(Br)cc1)Cc1ccccc1. The molecule has 0 aliphatic rings. The fourth-order valence-electron chi connectivity index (χ4n) is 1.67. The van der Waals surface area contributed by atoms with Gasteiger partial charge in [-0.05, 0) is 29.8 Å². The molecule has 0 fully saturated rings. The van der Waals surface area contributed by atoms with Crippen LogP contribution in [0.1, 0.15) is 5.56 Å². The van der Waals surface area contributed by atoms with Gasteiger partial charge < -0.3 is 9.84 Å². The van der Waals surface area contributed by atoms with E-state index < -0.39 is 6.10 Å². The molecular weight excluding hydrogens is 292 g/mol. The number of aliphatic hydroxyl groups excluding tert-OH is 1. The molecule has 0 aromatic heterocycles. The molecular formula is C15H15BrO2. The van der Waals surface area contributed by atoms with E-state index in [4.69, 9.17) is 4.74 Å². The minimum absolute atomic E-state index is 0.302. The predicted molar refractivity (Wildman–Crippen MR) is 75.8 cm³/mol. The molecule has 3 heteroatoms. The lowest BCUT2D eigenvalue weighted by atomic mass is 10.1. The zero-order valence-electron chi connectivity index (χ0n) is 9.92. The summed E-state index contributed by atoms with van der Waals surface area (Å²) in [5.41, 5.74) is 1.12. The number of ether oxygens (including phenoxy) is 1. The van der Waals surface area contributed by atoms with Crippen molar-refractivity contribution in [2.75, 3.05) is 6.61 Å². The number of halogens is 1. The van der Waals surface area contributed by atoms with Crippen molar-refractivity contribution in [1.82, 2.24) is 0 Å². The van der Waals surface area contributed by atoms with E-state index in [1.54, 1.807) is 0 Å². The molecule has 94 valence electrons. The van der Waals surface area contributed by atoms with Gasteiger partial charge in [0.1, 0.15) is 12.4 Å². The topological polar surface area (TPSA) is 29.5 Å². The number of hydrogen-bond donors (Lipinski definition) is 1. The van der Waals surface area contributed by atoms with Gasteiger partial charge in [-0.3, -0.25) is 0 Å². The maximum Gasteiger partial charge on any atom is 0.119 e. The van der Waals surface area contributed by atoms with E-state index >= 15 is 0 Å². The Hall–Kier alpha value is -1.32. The molecule has 2 nitrogen and oxygen atoms in total. The standard InChI is InChI=1S/C15H15BrO2/c16-13-6-8-15(9-7-13)18-11-14(17)10-12-4-2-1-3-5-12/h1-9,14,17H,10-11H2. The second-order valence-electron chi connectivity index (χ2n) is 4.11. The Bertz CT molecular complexity index is 468. The summed E-state index contributed by atoms with van der Waals surface area (Å²) in [4.78, 5) is 0. The van der Waals surface area contributed by atoms with Crippen LogP contribution in [-0.4, -0.2) is 17.8 Å². The quantitative estimate of drug-likeness (QED) is 0.917. The summed E-state index contributed by atoms with van der Waals surface area (Å²) in [5, 5.41) is 9.88. The van der Waals surface area contributed by atoms with Gasteiger partial charge in [0.05, 0.1) is 6.10 Å². The van der Waals surface area contributed by atoms with Crippen LogP contribution in [-0.2, 0) is 6.42 Å². The Labute approximate surface area is 115 Å². The average Bonchev–Trinajstić information content (AvgIpc) is 2.39. The fourth-order valence-corrected chi connectivity index (χ4v) is 1.93. The van der Waals surface area contributed by atoms with Crippen molar-refractivity contribution in [2.24, 2.45) is 0 Å². The largest absolute Gasteiger partial charge is 0.491 e. The summed E-state index contributed by atoms with van der Waals surface area (Å²) in [7, 11) is 0. The second kappa shape index (κ2) is 6.57. The summed E-state index contributed by atoms with van der Waals surface area (Å²) in [6.07, 6.45) is 0.119. The highest BCUT2D eigenvalue weighted by atomic mass is 79.9. The zero-order valence-corrected chi connectivity index (χ0v) is 11.5. The summed E-state index contributed by atoms with van der Waals surface area (Å²) in [6, 6.07) is 17.5. The molecule has 0 saturated heterocycles. The number of benzene rings is 2. The Kier molecular flexibility index (Phi) is 4.79. The Morgan fingerprint density at radius 3 is 2.33 bits per heavy atom. The number of aliphatic hydroxyl groups is 1. The minimum Gasteiger partial charge on any atom is -0.491 e. The molecule has 0 heterocycles. The molecule has 2 aromatic carbocycles. The smallest absolute Gasteiger partial charge is 0.119 e. The Balaban J connectivity index is 1.81.